The highest BCUT2D eigenvalue weighted by molar-refractivity contribution is 5.93. The Bertz CT molecular complexity index is 1130. The molecule has 0 aliphatic rings. The van der Waals surface area contributed by atoms with Crippen molar-refractivity contribution in [2.75, 3.05) is 11.9 Å². The summed E-state index contributed by atoms with van der Waals surface area (Å²) < 4.78 is 44.5. The maximum absolute atomic E-state index is 12.7. The van der Waals surface area contributed by atoms with E-state index in [-0.39, 0.29) is 5.69 Å². The molecule has 0 aliphatic heterocycles. The van der Waals surface area contributed by atoms with Crippen molar-refractivity contribution in [3.05, 3.63) is 76.6 Å². The Balaban J connectivity index is 1.82. The monoisotopic (exact) mass is 431 g/mol. The van der Waals surface area contributed by atoms with E-state index in [2.05, 4.69) is 10.4 Å². The van der Waals surface area contributed by atoms with Gasteiger partial charge >= 0.3 is 6.18 Å². The van der Waals surface area contributed by atoms with Crippen LogP contribution in [-0.4, -0.2) is 22.3 Å². The van der Waals surface area contributed by atoms with Crippen molar-refractivity contribution in [3.8, 4) is 17.0 Å². The maximum Gasteiger partial charge on any atom is 0.416 e. The quantitative estimate of drug-likeness (QED) is 0.623. The van der Waals surface area contributed by atoms with E-state index in [0.29, 0.717) is 23.6 Å². The molecule has 0 saturated heterocycles. The number of alkyl halides is 3. The lowest BCUT2D eigenvalue weighted by atomic mass is 10.1. The van der Waals surface area contributed by atoms with Crippen LogP contribution in [0.25, 0.3) is 11.3 Å². The molecule has 1 heterocycles. The van der Waals surface area contributed by atoms with Crippen molar-refractivity contribution in [2.45, 2.75) is 26.1 Å². The van der Waals surface area contributed by atoms with Crippen LogP contribution in [0.15, 0.2) is 65.5 Å². The van der Waals surface area contributed by atoms with Gasteiger partial charge in [-0.2, -0.15) is 18.3 Å². The molecule has 3 rings (SSSR count). The minimum Gasteiger partial charge on any atom is -0.494 e. The van der Waals surface area contributed by atoms with E-state index >= 15 is 0 Å². The number of amides is 1. The summed E-state index contributed by atoms with van der Waals surface area (Å²) in [6.45, 7) is 3.84. The number of halogens is 3. The van der Waals surface area contributed by atoms with Crippen LogP contribution in [0.1, 0.15) is 25.5 Å². The molecule has 2 aromatic carbocycles. The minimum absolute atomic E-state index is 0.179. The van der Waals surface area contributed by atoms with Gasteiger partial charge in [0, 0.05) is 17.3 Å². The highest BCUT2D eigenvalue weighted by Gasteiger charge is 2.30. The van der Waals surface area contributed by atoms with Crippen molar-refractivity contribution in [2.24, 2.45) is 0 Å². The van der Waals surface area contributed by atoms with Crippen LogP contribution >= 0.6 is 0 Å². The average Bonchev–Trinajstić information content (AvgIpc) is 2.74. The van der Waals surface area contributed by atoms with Gasteiger partial charge < -0.3 is 10.1 Å². The number of rotatable bonds is 6. The fraction of sp³-hybridized carbons (Fsp3) is 0.227. The molecule has 1 amide bonds. The average molecular weight is 431 g/mol. The third kappa shape index (κ3) is 5.30. The summed E-state index contributed by atoms with van der Waals surface area (Å²) in [5, 5.41) is 6.80. The summed E-state index contributed by atoms with van der Waals surface area (Å²) in [6.07, 6.45) is -4.47. The second-order valence-electron chi connectivity index (χ2n) is 6.70. The molecule has 0 spiro atoms. The Morgan fingerprint density at radius 1 is 1.13 bits per heavy atom. The molecule has 9 heteroatoms. The van der Waals surface area contributed by atoms with E-state index in [1.165, 1.54) is 13.0 Å². The number of nitrogens with zero attached hydrogens (tertiary/aromatic N) is 2. The zero-order chi connectivity index (χ0) is 22.6. The standard InChI is InChI=1S/C22H20F3N3O3/c1-3-31-18-6-4-5-15(13-18)19-11-12-20(29)28(27-19)14(2)21(30)26-17-9-7-16(8-10-17)22(23,24)25/h4-14H,3H2,1-2H3,(H,26,30). The summed E-state index contributed by atoms with van der Waals surface area (Å²) in [4.78, 5) is 24.9. The van der Waals surface area contributed by atoms with E-state index in [0.717, 1.165) is 28.9 Å². The van der Waals surface area contributed by atoms with Crippen molar-refractivity contribution in [1.29, 1.82) is 0 Å². The zero-order valence-corrected chi connectivity index (χ0v) is 16.8. The Morgan fingerprint density at radius 3 is 2.48 bits per heavy atom. The summed E-state index contributed by atoms with van der Waals surface area (Å²) >= 11 is 0. The van der Waals surface area contributed by atoms with E-state index in [1.807, 2.05) is 6.92 Å². The number of hydrogen-bond donors (Lipinski definition) is 1. The summed E-state index contributed by atoms with van der Waals surface area (Å²) in [5.74, 6) is 0.0576. The van der Waals surface area contributed by atoms with Crippen molar-refractivity contribution >= 4 is 11.6 Å². The Labute approximate surface area is 176 Å². The first-order valence-electron chi connectivity index (χ1n) is 9.50. The summed E-state index contributed by atoms with van der Waals surface area (Å²) in [5.41, 5.74) is 0.0436. The molecule has 0 fully saturated rings. The van der Waals surface area contributed by atoms with E-state index < -0.39 is 29.2 Å². The molecule has 0 radical (unpaired) electrons. The summed E-state index contributed by atoms with van der Waals surface area (Å²) in [6, 6.07) is 13.1. The van der Waals surface area contributed by atoms with Gasteiger partial charge in [-0.05, 0) is 56.3 Å². The van der Waals surface area contributed by atoms with Gasteiger partial charge in [0.05, 0.1) is 17.9 Å². The van der Waals surface area contributed by atoms with Gasteiger partial charge in [0.15, 0.2) is 0 Å². The first-order valence-corrected chi connectivity index (χ1v) is 9.50. The van der Waals surface area contributed by atoms with Crippen LogP contribution in [0.3, 0.4) is 0 Å². The molecule has 1 atom stereocenters. The third-order valence-corrected chi connectivity index (χ3v) is 4.49. The predicted molar refractivity (Wildman–Crippen MR) is 110 cm³/mol. The second kappa shape index (κ2) is 9.03. The molecule has 1 unspecified atom stereocenters. The minimum atomic E-state index is -4.47. The van der Waals surface area contributed by atoms with Crippen LogP contribution in [0.5, 0.6) is 5.75 Å². The summed E-state index contributed by atoms with van der Waals surface area (Å²) in [7, 11) is 0. The lowest BCUT2D eigenvalue weighted by Crippen LogP contribution is -2.33. The zero-order valence-electron chi connectivity index (χ0n) is 16.8. The SMILES string of the molecule is CCOc1cccc(-c2ccc(=O)n(C(C)C(=O)Nc3ccc(C(F)(F)F)cc3)n2)c1. The van der Waals surface area contributed by atoms with Crippen molar-refractivity contribution in [3.63, 3.8) is 0 Å². The highest BCUT2D eigenvalue weighted by Crippen LogP contribution is 2.30. The van der Waals surface area contributed by atoms with E-state index in [4.69, 9.17) is 4.74 Å². The fourth-order valence-corrected chi connectivity index (χ4v) is 2.87. The highest BCUT2D eigenvalue weighted by atomic mass is 19.4. The second-order valence-corrected chi connectivity index (χ2v) is 6.70. The van der Waals surface area contributed by atoms with E-state index in [1.54, 1.807) is 30.3 Å². The van der Waals surface area contributed by atoms with Gasteiger partial charge in [0.25, 0.3) is 5.56 Å². The number of hydrogen-bond acceptors (Lipinski definition) is 4. The van der Waals surface area contributed by atoms with Crippen LogP contribution < -0.4 is 15.6 Å². The first kappa shape index (κ1) is 22.1. The van der Waals surface area contributed by atoms with Crippen LogP contribution in [0.4, 0.5) is 18.9 Å². The molecule has 162 valence electrons. The molecule has 0 saturated carbocycles. The fourth-order valence-electron chi connectivity index (χ4n) is 2.87. The van der Waals surface area contributed by atoms with Gasteiger partial charge in [-0.25, -0.2) is 4.68 Å². The molecule has 3 aromatic rings. The topological polar surface area (TPSA) is 73.2 Å². The van der Waals surface area contributed by atoms with Gasteiger partial charge in [0.2, 0.25) is 5.91 Å². The van der Waals surface area contributed by atoms with E-state index in [9.17, 15) is 22.8 Å². The maximum atomic E-state index is 12.7. The predicted octanol–water partition coefficient (Wildman–Crippen LogP) is 4.53. The number of carbonyl (C=O) groups is 1. The molecule has 1 aromatic heterocycles. The van der Waals surface area contributed by atoms with Crippen molar-refractivity contribution < 1.29 is 22.7 Å². The molecule has 0 bridgehead atoms. The molecular formula is C22H20F3N3O3. The lowest BCUT2D eigenvalue weighted by molar-refractivity contribution is -0.137. The molecule has 1 N–H and O–H groups in total. The van der Waals surface area contributed by atoms with Gasteiger partial charge in [-0.15, -0.1) is 0 Å². The molecule has 31 heavy (non-hydrogen) atoms. The van der Waals surface area contributed by atoms with Gasteiger partial charge in [-0.1, -0.05) is 12.1 Å². The molecule has 6 nitrogen and oxygen atoms in total. The van der Waals surface area contributed by atoms with Gasteiger partial charge in [0.1, 0.15) is 11.8 Å². The van der Waals surface area contributed by atoms with Crippen LogP contribution in [0.2, 0.25) is 0 Å². The largest absolute Gasteiger partial charge is 0.494 e. The number of nitrogens with one attached hydrogen (secondary N) is 1. The number of benzene rings is 2. The Morgan fingerprint density at radius 2 is 1.84 bits per heavy atom. The van der Waals surface area contributed by atoms with Crippen molar-refractivity contribution in [1.82, 2.24) is 9.78 Å². The smallest absolute Gasteiger partial charge is 0.416 e. The molecular weight excluding hydrogens is 411 g/mol. The number of anilines is 1. The first-order chi connectivity index (χ1) is 14.7. The van der Waals surface area contributed by atoms with Crippen LogP contribution in [-0.2, 0) is 11.0 Å². The number of aromatic nitrogens is 2. The molecule has 0 aliphatic carbocycles. The van der Waals surface area contributed by atoms with Crippen LogP contribution in [0, 0.1) is 0 Å². The normalized spacial score (nSPS) is 12.3. The number of ether oxygens (including phenoxy) is 1. The Kier molecular flexibility index (Phi) is 6.43. The Hall–Kier alpha value is -3.62. The third-order valence-electron chi connectivity index (χ3n) is 4.49. The lowest BCUT2D eigenvalue weighted by Gasteiger charge is -2.15. The van der Waals surface area contributed by atoms with Gasteiger partial charge in [-0.3, -0.25) is 9.59 Å². The number of carbonyl (C=O) groups excluding carboxylic acids is 1.